The normalized spacial score (nSPS) is 20.5. The van der Waals surface area contributed by atoms with Crippen molar-refractivity contribution in [2.75, 3.05) is 26.3 Å². The average Bonchev–Trinajstić information content (AvgIpc) is 3.22. The monoisotopic (exact) mass is 374 g/mol. The summed E-state index contributed by atoms with van der Waals surface area (Å²) in [5.74, 6) is 1.06. The molecule has 6 heteroatoms. The van der Waals surface area contributed by atoms with Crippen LogP contribution >= 0.6 is 0 Å². The molecule has 2 heterocycles. The van der Waals surface area contributed by atoms with Crippen molar-refractivity contribution >= 4 is 11.8 Å². The van der Waals surface area contributed by atoms with Gasteiger partial charge in [-0.25, -0.2) is 0 Å². The summed E-state index contributed by atoms with van der Waals surface area (Å²) < 4.78 is 11.2. The highest BCUT2D eigenvalue weighted by molar-refractivity contribution is 5.81. The van der Waals surface area contributed by atoms with E-state index in [4.69, 9.17) is 9.47 Å². The number of nitrogens with zero attached hydrogens (tertiary/aromatic N) is 1. The maximum absolute atomic E-state index is 12.4. The number of rotatable bonds is 7. The quantitative estimate of drug-likeness (QED) is 0.745. The molecule has 1 N–H and O–H groups in total. The number of hydrogen-bond acceptors (Lipinski definition) is 4. The van der Waals surface area contributed by atoms with Crippen LogP contribution in [0.2, 0.25) is 0 Å². The highest BCUT2D eigenvalue weighted by Gasteiger charge is 2.28. The number of benzene rings is 1. The topological polar surface area (TPSA) is 67.9 Å². The minimum atomic E-state index is -0.280. The molecule has 2 saturated heterocycles. The van der Waals surface area contributed by atoms with Crippen molar-refractivity contribution in [1.29, 1.82) is 0 Å². The molecule has 1 aromatic carbocycles. The Morgan fingerprint density at radius 3 is 2.70 bits per heavy atom. The van der Waals surface area contributed by atoms with Crippen LogP contribution in [0.3, 0.4) is 0 Å². The Morgan fingerprint density at radius 2 is 2.00 bits per heavy atom. The third kappa shape index (κ3) is 5.70. The molecule has 0 spiro atoms. The van der Waals surface area contributed by atoms with Gasteiger partial charge in [0.15, 0.2) is 0 Å². The van der Waals surface area contributed by atoms with Crippen molar-refractivity contribution in [1.82, 2.24) is 10.2 Å². The maximum atomic E-state index is 12.4. The van der Waals surface area contributed by atoms with E-state index in [1.165, 1.54) is 0 Å². The summed E-state index contributed by atoms with van der Waals surface area (Å²) >= 11 is 0. The zero-order valence-electron chi connectivity index (χ0n) is 16.1. The Morgan fingerprint density at radius 1 is 1.22 bits per heavy atom. The van der Waals surface area contributed by atoms with Gasteiger partial charge in [-0.2, -0.15) is 0 Å². The molecule has 0 saturated carbocycles. The molecular weight excluding hydrogens is 344 g/mol. The second-order valence-electron chi connectivity index (χ2n) is 7.38. The summed E-state index contributed by atoms with van der Waals surface area (Å²) in [4.78, 5) is 26.4. The molecule has 2 aliphatic heterocycles. The van der Waals surface area contributed by atoms with Crippen LogP contribution in [0.4, 0.5) is 0 Å². The van der Waals surface area contributed by atoms with Gasteiger partial charge >= 0.3 is 0 Å². The fourth-order valence-electron chi connectivity index (χ4n) is 3.63. The number of carbonyl (C=O) groups excluding carboxylic acids is 2. The molecule has 2 amide bonds. The number of carbonyl (C=O) groups is 2. The molecule has 2 aliphatic rings. The van der Waals surface area contributed by atoms with Crippen LogP contribution in [-0.2, 0) is 14.3 Å². The largest absolute Gasteiger partial charge is 0.493 e. The van der Waals surface area contributed by atoms with Crippen molar-refractivity contribution in [3.05, 3.63) is 29.8 Å². The fraction of sp³-hybridized carbons (Fsp3) is 0.619. The maximum Gasteiger partial charge on any atom is 0.249 e. The Kier molecular flexibility index (Phi) is 7.10. The second kappa shape index (κ2) is 9.74. The summed E-state index contributed by atoms with van der Waals surface area (Å²) in [7, 11) is 0. The predicted molar refractivity (Wildman–Crippen MR) is 103 cm³/mol. The number of amides is 2. The Labute approximate surface area is 161 Å². The van der Waals surface area contributed by atoms with Gasteiger partial charge in [0.2, 0.25) is 11.8 Å². The van der Waals surface area contributed by atoms with E-state index < -0.39 is 0 Å². The van der Waals surface area contributed by atoms with Crippen molar-refractivity contribution in [3.63, 3.8) is 0 Å². The van der Waals surface area contributed by atoms with Crippen LogP contribution in [0.1, 0.15) is 44.1 Å². The molecule has 6 nitrogen and oxygen atoms in total. The fourth-order valence-corrected chi connectivity index (χ4v) is 3.63. The minimum Gasteiger partial charge on any atom is -0.493 e. The number of likely N-dealkylation sites (tertiary alicyclic amines) is 1. The Hall–Kier alpha value is -2.08. The van der Waals surface area contributed by atoms with E-state index in [0.717, 1.165) is 37.0 Å². The molecule has 2 fully saturated rings. The number of nitrogens with one attached hydrogen (secondary N) is 1. The van der Waals surface area contributed by atoms with Crippen LogP contribution in [0.5, 0.6) is 5.75 Å². The average molecular weight is 374 g/mol. The zero-order valence-corrected chi connectivity index (χ0v) is 16.1. The van der Waals surface area contributed by atoms with Crippen LogP contribution < -0.4 is 10.1 Å². The highest BCUT2D eigenvalue weighted by Crippen LogP contribution is 2.18. The molecule has 1 atom stereocenters. The van der Waals surface area contributed by atoms with Crippen LogP contribution in [0.25, 0.3) is 0 Å². The van der Waals surface area contributed by atoms with Crippen molar-refractivity contribution < 1.29 is 19.1 Å². The molecule has 0 aliphatic carbocycles. The van der Waals surface area contributed by atoms with E-state index in [9.17, 15) is 9.59 Å². The minimum absolute atomic E-state index is 0.00521. The third-order valence-electron chi connectivity index (χ3n) is 5.30. The summed E-state index contributed by atoms with van der Waals surface area (Å²) in [5.41, 5.74) is 1.11. The Bertz CT molecular complexity index is 635. The first-order valence-corrected chi connectivity index (χ1v) is 10.0. The summed E-state index contributed by atoms with van der Waals surface area (Å²) in [6, 6.07) is 8.05. The van der Waals surface area contributed by atoms with Gasteiger partial charge in [-0.1, -0.05) is 18.2 Å². The van der Waals surface area contributed by atoms with Crippen molar-refractivity contribution in [2.24, 2.45) is 0 Å². The smallest absolute Gasteiger partial charge is 0.249 e. The summed E-state index contributed by atoms with van der Waals surface area (Å²) in [5, 5.41) is 3.07. The molecule has 148 valence electrons. The number of ether oxygens (including phenoxy) is 2. The van der Waals surface area contributed by atoms with E-state index in [1.54, 1.807) is 0 Å². The Balaban J connectivity index is 1.31. The van der Waals surface area contributed by atoms with Crippen LogP contribution in [0.15, 0.2) is 24.3 Å². The lowest BCUT2D eigenvalue weighted by molar-refractivity contribution is -0.133. The standard InChI is InChI=1S/C21H30N2O4/c1-16-6-2-3-7-18(16)26-15-5-9-20(24)23-12-10-17(11-13-23)22-21(25)19-8-4-14-27-19/h2-3,6-7,17,19H,4-5,8-15H2,1H3,(H,22,25). The summed E-state index contributed by atoms with van der Waals surface area (Å²) in [6.07, 6.45) is 4.32. The van der Waals surface area contributed by atoms with E-state index in [-0.39, 0.29) is 24.0 Å². The first kappa shape index (κ1) is 19.7. The second-order valence-corrected chi connectivity index (χ2v) is 7.38. The molecular formula is C21H30N2O4. The van der Waals surface area contributed by atoms with Gasteiger partial charge < -0.3 is 19.7 Å². The number of para-hydroxylation sites is 1. The summed E-state index contributed by atoms with van der Waals surface area (Å²) in [6.45, 7) is 4.65. The van der Waals surface area contributed by atoms with E-state index in [0.29, 0.717) is 39.1 Å². The van der Waals surface area contributed by atoms with E-state index in [2.05, 4.69) is 5.32 Å². The molecule has 1 aromatic rings. The molecule has 0 bridgehead atoms. The van der Waals surface area contributed by atoms with E-state index >= 15 is 0 Å². The van der Waals surface area contributed by atoms with Gasteiger partial charge in [-0.15, -0.1) is 0 Å². The molecule has 0 radical (unpaired) electrons. The molecule has 27 heavy (non-hydrogen) atoms. The first-order chi connectivity index (χ1) is 13.1. The van der Waals surface area contributed by atoms with Gasteiger partial charge in [0, 0.05) is 32.2 Å². The van der Waals surface area contributed by atoms with Crippen LogP contribution in [-0.4, -0.2) is 55.2 Å². The predicted octanol–water partition coefficient (Wildman–Crippen LogP) is 2.44. The molecule has 3 rings (SSSR count). The number of piperidine rings is 1. The first-order valence-electron chi connectivity index (χ1n) is 10.0. The van der Waals surface area contributed by atoms with Gasteiger partial charge in [0.05, 0.1) is 6.61 Å². The zero-order chi connectivity index (χ0) is 19.1. The van der Waals surface area contributed by atoms with Gasteiger partial charge in [0.1, 0.15) is 11.9 Å². The lowest BCUT2D eigenvalue weighted by Crippen LogP contribution is -2.48. The van der Waals surface area contributed by atoms with Crippen LogP contribution in [0, 0.1) is 6.92 Å². The third-order valence-corrected chi connectivity index (χ3v) is 5.30. The number of aryl methyl sites for hydroxylation is 1. The van der Waals surface area contributed by atoms with Crippen molar-refractivity contribution in [2.45, 2.75) is 57.6 Å². The lowest BCUT2D eigenvalue weighted by atomic mass is 10.0. The highest BCUT2D eigenvalue weighted by atomic mass is 16.5. The number of hydrogen-bond donors (Lipinski definition) is 1. The van der Waals surface area contributed by atoms with Crippen molar-refractivity contribution in [3.8, 4) is 5.75 Å². The lowest BCUT2D eigenvalue weighted by Gasteiger charge is -2.33. The molecule has 0 aromatic heterocycles. The van der Waals surface area contributed by atoms with Gasteiger partial charge in [-0.3, -0.25) is 9.59 Å². The van der Waals surface area contributed by atoms with Gasteiger partial charge in [-0.05, 0) is 50.7 Å². The van der Waals surface area contributed by atoms with Gasteiger partial charge in [0.25, 0.3) is 0 Å². The van der Waals surface area contributed by atoms with E-state index in [1.807, 2.05) is 36.1 Å². The molecule has 1 unspecified atom stereocenters. The SMILES string of the molecule is Cc1ccccc1OCCCC(=O)N1CCC(NC(=O)C2CCCO2)CC1.